The highest BCUT2D eigenvalue weighted by molar-refractivity contribution is 7.16. The highest BCUT2D eigenvalue weighted by Gasteiger charge is 2.18. The van der Waals surface area contributed by atoms with Gasteiger partial charge in [0.05, 0.1) is 15.7 Å². The normalized spacial score (nSPS) is 18.1. The fraction of sp³-hybridized carbons (Fsp3) is 0.545. The van der Waals surface area contributed by atoms with Crippen LogP contribution in [-0.4, -0.2) is 46.1 Å². The molecular formula is C22H29N7S. The molecule has 1 saturated heterocycles. The van der Waals surface area contributed by atoms with Crippen LogP contribution >= 0.6 is 11.3 Å². The zero-order chi connectivity index (χ0) is 20.2. The number of rotatable bonds is 6. The molecule has 1 aliphatic carbocycles. The fourth-order valence-electron chi connectivity index (χ4n) is 4.45. The van der Waals surface area contributed by atoms with Gasteiger partial charge in [-0.2, -0.15) is 15.0 Å². The minimum absolute atomic E-state index is 0.640. The second-order valence-electron chi connectivity index (χ2n) is 8.31. The lowest BCUT2D eigenvalue weighted by Crippen LogP contribution is -2.44. The van der Waals surface area contributed by atoms with Crippen molar-refractivity contribution in [3.63, 3.8) is 0 Å². The van der Waals surface area contributed by atoms with E-state index in [-0.39, 0.29) is 0 Å². The predicted octanol–water partition coefficient (Wildman–Crippen LogP) is 4.15. The Morgan fingerprint density at radius 3 is 2.80 bits per heavy atom. The van der Waals surface area contributed by atoms with Gasteiger partial charge in [-0.15, -0.1) is 11.3 Å². The van der Waals surface area contributed by atoms with Crippen molar-refractivity contribution in [1.29, 1.82) is 0 Å². The first kappa shape index (κ1) is 19.6. The van der Waals surface area contributed by atoms with Crippen molar-refractivity contribution >= 4 is 39.1 Å². The quantitative estimate of drug-likeness (QED) is 0.617. The van der Waals surface area contributed by atoms with E-state index in [1.54, 1.807) is 11.3 Å². The van der Waals surface area contributed by atoms with Gasteiger partial charge >= 0.3 is 0 Å². The third kappa shape index (κ3) is 4.70. The fourth-order valence-corrected chi connectivity index (χ4v) is 5.17. The number of hydrogen-bond acceptors (Lipinski definition) is 8. The number of fused-ring (bicyclic) bond motifs is 1. The van der Waals surface area contributed by atoms with Gasteiger partial charge < -0.3 is 15.5 Å². The number of anilines is 3. The zero-order valence-corrected chi connectivity index (χ0v) is 18.1. The van der Waals surface area contributed by atoms with Crippen LogP contribution in [0, 0.1) is 5.92 Å². The predicted molar refractivity (Wildman–Crippen MR) is 123 cm³/mol. The topological polar surface area (TPSA) is 78.9 Å². The van der Waals surface area contributed by atoms with Crippen molar-refractivity contribution in [2.24, 2.45) is 5.92 Å². The Morgan fingerprint density at radius 2 is 1.93 bits per heavy atom. The van der Waals surface area contributed by atoms with Crippen LogP contribution in [0.5, 0.6) is 0 Å². The van der Waals surface area contributed by atoms with Crippen LogP contribution in [-0.2, 0) is 6.42 Å². The lowest BCUT2D eigenvalue weighted by Gasteiger charge is -2.28. The van der Waals surface area contributed by atoms with Gasteiger partial charge in [0.1, 0.15) is 5.82 Å². The first-order valence-electron chi connectivity index (χ1n) is 11.1. The Hall–Kier alpha value is -2.32. The lowest BCUT2D eigenvalue weighted by molar-refractivity contribution is 0.337. The molecule has 3 aromatic rings. The molecule has 5 rings (SSSR count). The summed E-state index contributed by atoms with van der Waals surface area (Å²) >= 11 is 1.65. The minimum atomic E-state index is 0.640. The average Bonchev–Trinajstić information content (AvgIpc) is 3.27. The number of thiazole rings is 1. The molecule has 2 N–H and O–H groups in total. The van der Waals surface area contributed by atoms with E-state index in [1.807, 2.05) is 17.6 Å². The molecule has 2 aliphatic rings. The first-order valence-corrected chi connectivity index (χ1v) is 12.0. The standard InChI is InChI=1S/C22H29N7S/c1-2-4-16(5-3-1)6-9-20-26-21(28-22(27-20)29-12-10-23-11-13-29)25-17-7-8-18-19(14-17)30-15-24-18/h7-8,14-16,23H,1-6,9-13H2,(H,25,26,27,28). The molecule has 0 radical (unpaired) electrons. The van der Waals surface area contributed by atoms with E-state index < -0.39 is 0 Å². The Kier molecular flexibility index (Phi) is 6.03. The summed E-state index contributed by atoms with van der Waals surface area (Å²) in [5.41, 5.74) is 3.89. The molecule has 0 spiro atoms. The van der Waals surface area contributed by atoms with Crippen molar-refractivity contribution in [3.05, 3.63) is 29.5 Å². The van der Waals surface area contributed by atoms with E-state index in [9.17, 15) is 0 Å². The van der Waals surface area contributed by atoms with Gasteiger partial charge in [-0.05, 0) is 30.5 Å². The maximum atomic E-state index is 4.85. The Morgan fingerprint density at radius 1 is 1.07 bits per heavy atom. The van der Waals surface area contributed by atoms with Crippen LogP contribution in [0.25, 0.3) is 10.2 Å². The van der Waals surface area contributed by atoms with Crippen LogP contribution < -0.4 is 15.5 Å². The van der Waals surface area contributed by atoms with Crippen LogP contribution in [0.2, 0.25) is 0 Å². The summed E-state index contributed by atoms with van der Waals surface area (Å²) in [7, 11) is 0. The van der Waals surface area contributed by atoms with Crippen molar-refractivity contribution in [1.82, 2.24) is 25.3 Å². The van der Waals surface area contributed by atoms with Gasteiger partial charge in [0.15, 0.2) is 0 Å². The molecule has 0 bridgehead atoms. The molecular weight excluding hydrogens is 394 g/mol. The zero-order valence-electron chi connectivity index (χ0n) is 17.3. The van der Waals surface area contributed by atoms with E-state index in [0.717, 1.165) is 66.2 Å². The summed E-state index contributed by atoms with van der Waals surface area (Å²) in [6, 6.07) is 6.19. The number of piperazine rings is 1. The van der Waals surface area contributed by atoms with E-state index in [0.29, 0.717) is 5.95 Å². The number of hydrogen-bond donors (Lipinski definition) is 2. The second-order valence-corrected chi connectivity index (χ2v) is 9.20. The largest absolute Gasteiger partial charge is 0.338 e. The SMILES string of the molecule is c1nc2ccc(Nc3nc(CCC4CCCCC4)nc(N4CCNCC4)n3)cc2s1. The second kappa shape index (κ2) is 9.22. The molecule has 1 aromatic carbocycles. The maximum Gasteiger partial charge on any atom is 0.232 e. The number of nitrogens with one attached hydrogen (secondary N) is 2. The Bertz CT molecular complexity index is 977. The molecule has 8 heteroatoms. The molecule has 2 aromatic heterocycles. The number of aromatic nitrogens is 4. The molecule has 2 fully saturated rings. The summed E-state index contributed by atoms with van der Waals surface area (Å²) in [6.07, 6.45) is 8.96. The van der Waals surface area contributed by atoms with Gasteiger partial charge in [0.25, 0.3) is 0 Å². The van der Waals surface area contributed by atoms with Crippen LogP contribution in [0.4, 0.5) is 17.6 Å². The first-order chi connectivity index (χ1) is 14.8. The molecule has 3 heterocycles. The summed E-state index contributed by atoms with van der Waals surface area (Å²) < 4.78 is 1.16. The van der Waals surface area contributed by atoms with Crippen LogP contribution in [0.3, 0.4) is 0 Å². The number of aryl methyl sites for hydroxylation is 1. The summed E-state index contributed by atoms with van der Waals surface area (Å²) in [4.78, 5) is 21.0. The van der Waals surface area contributed by atoms with Gasteiger partial charge in [0.2, 0.25) is 11.9 Å². The van der Waals surface area contributed by atoms with E-state index in [1.165, 1.54) is 38.5 Å². The highest BCUT2D eigenvalue weighted by Crippen LogP contribution is 2.28. The van der Waals surface area contributed by atoms with Gasteiger partial charge in [-0.3, -0.25) is 0 Å². The van der Waals surface area contributed by atoms with E-state index in [4.69, 9.17) is 15.0 Å². The Balaban J connectivity index is 1.37. The van der Waals surface area contributed by atoms with Crippen molar-refractivity contribution in [2.45, 2.75) is 44.9 Å². The summed E-state index contributed by atoms with van der Waals surface area (Å²) in [5, 5.41) is 6.82. The molecule has 1 aliphatic heterocycles. The smallest absolute Gasteiger partial charge is 0.232 e. The van der Waals surface area contributed by atoms with Crippen LogP contribution in [0.15, 0.2) is 23.7 Å². The van der Waals surface area contributed by atoms with Gasteiger partial charge in [-0.1, -0.05) is 32.1 Å². The monoisotopic (exact) mass is 423 g/mol. The van der Waals surface area contributed by atoms with E-state index >= 15 is 0 Å². The van der Waals surface area contributed by atoms with Gasteiger partial charge in [0, 0.05) is 38.3 Å². The number of nitrogens with zero attached hydrogens (tertiary/aromatic N) is 5. The molecule has 7 nitrogen and oxygen atoms in total. The van der Waals surface area contributed by atoms with Crippen molar-refractivity contribution < 1.29 is 0 Å². The van der Waals surface area contributed by atoms with Crippen molar-refractivity contribution in [2.75, 3.05) is 36.4 Å². The molecule has 1 saturated carbocycles. The van der Waals surface area contributed by atoms with Crippen molar-refractivity contribution in [3.8, 4) is 0 Å². The lowest BCUT2D eigenvalue weighted by atomic mass is 9.86. The molecule has 158 valence electrons. The molecule has 0 unspecified atom stereocenters. The summed E-state index contributed by atoms with van der Waals surface area (Å²) in [5.74, 6) is 3.17. The number of benzene rings is 1. The molecule has 0 amide bonds. The maximum absolute atomic E-state index is 4.85. The average molecular weight is 424 g/mol. The Labute approximate surface area is 181 Å². The molecule has 30 heavy (non-hydrogen) atoms. The summed E-state index contributed by atoms with van der Waals surface area (Å²) in [6.45, 7) is 3.79. The van der Waals surface area contributed by atoms with Gasteiger partial charge in [-0.25, -0.2) is 4.98 Å². The minimum Gasteiger partial charge on any atom is -0.338 e. The third-order valence-corrected chi connectivity index (χ3v) is 6.95. The van der Waals surface area contributed by atoms with Crippen LogP contribution in [0.1, 0.15) is 44.3 Å². The molecule has 0 atom stereocenters. The highest BCUT2D eigenvalue weighted by atomic mass is 32.1. The third-order valence-electron chi connectivity index (χ3n) is 6.16. The van der Waals surface area contributed by atoms with E-state index in [2.05, 4.69) is 26.6 Å².